The summed E-state index contributed by atoms with van der Waals surface area (Å²) in [7, 11) is 0. The van der Waals surface area contributed by atoms with Gasteiger partial charge in [0.05, 0.1) is 24.7 Å². The van der Waals surface area contributed by atoms with Crippen molar-refractivity contribution in [2.45, 2.75) is 51.0 Å². The third-order valence-electron chi connectivity index (χ3n) is 4.79. The molecule has 1 aromatic heterocycles. The summed E-state index contributed by atoms with van der Waals surface area (Å²) in [6, 6.07) is 6.30. The first-order valence-electron chi connectivity index (χ1n) is 8.45. The lowest BCUT2D eigenvalue weighted by atomic mass is 9.90. The Kier molecular flexibility index (Phi) is 5.29. The highest BCUT2D eigenvalue weighted by atomic mass is 16.5. The minimum atomic E-state index is -0.00158. The summed E-state index contributed by atoms with van der Waals surface area (Å²) >= 11 is 0. The molecule has 0 radical (unpaired) electrons. The van der Waals surface area contributed by atoms with Gasteiger partial charge in [-0.15, -0.1) is 0 Å². The molecular formula is C18H24N2O2. The van der Waals surface area contributed by atoms with Crippen LogP contribution < -0.4 is 4.74 Å². The first-order valence-corrected chi connectivity index (χ1v) is 8.45. The van der Waals surface area contributed by atoms with Crippen LogP contribution in [0, 0.1) is 23.2 Å². The summed E-state index contributed by atoms with van der Waals surface area (Å²) in [5.74, 6) is 1.48. The minimum absolute atomic E-state index is 0.00158. The molecule has 2 atom stereocenters. The van der Waals surface area contributed by atoms with Crippen molar-refractivity contribution < 1.29 is 9.47 Å². The van der Waals surface area contributed by atoms with Gasteiger partial charge in [0.25, 0.3) is 0 Å². The SMILES string of the molecule is N#CC1CCOC(c2ccc(OCC3CCCCC3)nc2)C1. The number of ether oxygens (including phenoxy) is 2. The maximum Gasteiger partial charge on any atom is 0.213 e. The molecule has 1 aliphatic heterocycles. The summed E-state index contributed by atoms with van der Waals surface area (Å²) in [6.45, 7) is 1.44. The average Bonchev–Trinajstić information content (AvgIpc) is 2.61. The zero-order valence-electron chi connectivity index (χ0n) is 13.0. The van der Waals surface area contributed by atoms with Crippen LogP contribution >= 0.6 is 0 Å². The van der Waals surface area contributed by atoms with Crippen LogP contribution in [0.1, 0.15) is 56.6 Å². The smallest absolute Gasteiger partial charge is 0.213 e. The molecule has 0 spiro atoms. The topological polar surface area (TPSA) is 55.1 Å². The van der Waals surface area contributed by atoms with E-state index < -0.39 is 0 Å². The van der Waals surface area contributed by atoms with Crippen LogP contribution in [0.4, 0.5) is 0 Å². The molecule has 0 N–H and O–H groups in total. The van der Waals surface area contributed by atoms with Crippen LogP contribution in [-0.2, 0) is 4.74 Å². The van der Waals surface area contributed by atoms with E-state index in [1.807, 2.05) is 18.3 Å². The van der Waals surface area contributed by atoms with E-state index in [0.29, 0.717) is 18.4 Å². The van der Waals surface area contributed by atoms with Crippen molar-refractivity contribution in [1.29, 1.82) is 5.26 Å². The van der Waals surface area contributed by atoms with Gasteiger partial charge >= 0.3 is 0 Å². The molecule has 0 amide bonds. The van der Waals surface area contributed by atoms with Gasteiger partial charge in [0, 0.05) is 18.9 Å². The molecule has 0 aromatic carbocycles. The molecule has 0 bridgehead atoms. The minimum Gasteiger partial charge on any atom is -0.477 e. The molecule has 1 saturated heterocycles. The lowest BCUT2D eigenvalue weighted by Gasteiger charge is -2.26. The Morgan fingerprint density at radius 3 is 2.82 bits per heavy atom. The molecule has 118 valence electrons. The van der Waals surface area contributed by atoms with Crippen molar-refractivity contribution in [2.75, 3.05) is 13.2 Å². The maximum atomic E-state index is 9.05. The number of hydrogen-bond acceptors (Lipinski definition) is 4. The maximum absolute atomic E-state index is 9.05. The van der Waals surface area contributed by atoms with Gasteiger partial charge < -0.3 is 9.47 Å². The molecule has 2 heterocycles. The quantitative estimate of drug-likeness (QED) is 0.842. The van der Waals surface area contributed by atoms with E-state index in [2.05, 4.69) is 11.1 Å². The van der Waals surface area contributed by atoms with Gasteiger partial charge in [-0.05, 0) is 43.2 Å². The Bertz CT molecular complexity index is 503. The first-order chi connectivity index (χ1) is 10.8. The second kappa shape index (κ2) is 7.60. The molecular weight excluding hydrogens is 276 g/mol. The number of hydrogen-bond donors (Lipinski definition) is 0. The monoisotopic (exact) mass is 300 g/mol. The van der Waals surface area contributed by atoms with E-state index in [1.54, 1.807) is 0 Å². The van der Waals surface area contributed by atoms with Crippen molar-refractivity contribution in [3.05, 3.63) is 23.9 Å². The van der Waals surface area contributed by atoms with Crippen LogP contribution in [-0.4, -0.2) is 18.2 Å². The Labute approximate surface area is 132 Å². The summed E-state index contributed by atoms with van der Waals surface area (Å²) in [6.07, 6.45) is 10.0. The zero-order chi connectivity index (χ0) is 15.2. The van der Waals surface area contributed by atoms with E-state index in [0.717, 1.165) is 25.0 Å². The number of nitriles is 1. The third kappa shape index (κ3) is 3.98. The van der Waals surface area contributed by atoms with Crippen molar-refractivity contribution in [1.82, 2.24) is 4.98 Å². The molecule has 4 nitrogen and oxygen atoms in total. The highest BCUT2D eigenvalue weighted by molar-refractivity contribution is 5.20. The molecule has 22 heavy (non-hydrogen) atoms. The van der Waals surface area contributed by atoms with Crippen LogP contribution in [0.15, 0.2) is 18.3 Å². The molecule has 2 unspecified atom stereocenters. The summed E-state index contributed by atoms with van der Waals surface area (Å²) in [5.41, 5.74) is 1.05. The molecule has 4 heteroatoms. The molecule has 2 aliphatic rings. The third-order valence-corrected chi connectivity index (χ3v) is 4.79. The molecule has 1 saturated carbocycles. The number of pyridine rings is 1. The number of nitrogens with zero attached hydrogens (tertiary/aromatic N) is 2. The summed E-state index contributed by atoms with van der Waals surface area (Å²) in [5, 5.41) is 9.05. The lowest BCUT2D eigenvalue weighted by Crippen LogP contribution is -2.19. The fourth-order valence-corrected chi connectivity index (χ4v) is 3.37. The lowest BCUT2D eigenvalue weighted by molar-refractivity contribution is 0.000465. The zero-order valence-corrected chi connectivity index (χ0v) is 13.0. The number of rotatable bonds is 4. The van der Waals surface area contributed by atoms with Gasteiger partial charge in [0.2, 0.25) is 5.88 Å². The summed E-state index contributed by atoms with van der Waals surface area (Å²) in [4.78, 5) is 4.40. The fourth-order valence-electron chi connectivity index (χ4n) is 3.37. The second-order valence-corrected chi connectivity index (χ2v) is 6.45. The standard InChI is InChI=1S/C18H24N2O2/c19-11-15-8-9-21-17(10-15)16-6-7-18(20-12-16)22-13-14-4-2-1-3-5-14/h6-7,12,14-15,17H,1-5,8-10,13H2. The fraction of sp³-hybridized carbons (Fsp3) is 0.667. The van der Waals surface area contributed by atoms with Gasteiger partial charge in [-0.3, -0.25) is 0 Å². The van der Waals surface area contributed by atoms with E-state index >= 15 is 0 Å². The first kappa shape index (κ1) is 15.3. The Hall–Kier alpha value is -1.60. The largest absolute Gasteiger partial charge is 0.477 e. The molecule has 3 rings (SSSR count). The van der Waals surface area contributed by atoms with Crippen molar-refractivity contribution in [3.8, 4) is 11.9 Å². The number of aromatic nitrogens is 1. The van der Waals surface area contributed by atoms with Gasteiger partial charge in [0.15, 0.2) is 0 Å². The summed E-state index contributed by atoms with van der Waals surface area (Å²) < 4.78 is 11.6. The van der Waals surface area contributed by atoms with E-state index in [4.69, 9.17) is 14.7 Å². The highest BCUT2D eigenvalue weighted by Gasteiger charge is 2.24. The van der Waals surface area contributed by atoms with Gasteiger partial charge in [-0.25, -0.2) is 4.98 Å². The van der Waals surface area contributed by atoms with Crippen molar-refractivity contribution in [2.24, 2.45) is 11.8 Å². The molecule has 2 fully saturated rings. The normalized spacial score (nSPS) is 26.3. The van der Waals surface area contributed by atoms with Gasteiger partial charge in [-0.1, -0.05) is 19.3 Å². The van der Waals surface area contributed by atoms with E-state index in [1.165, 1.54) is 32.1 Å². The predicted molar refractivity (Wildman–Crippen MR) is 83.3 cm³/mol. The van der Waals surface area contributed by atoms with Gasteiger partial charge in [0.1, 0.15) is 0 Å². The highest BCUT2D eigenvalue weighted by Crippen LogP contribution is 2.31. The Morgan fingerprint density at radius 2 is 2.09 bits per heavy atom. The predicted octanol–water partition coefficient (Wildman–Crippen LogP) is 4.03. The van der Waals surface area contributed by atoms with Crippen LogP contribution in [0.25, 0.3) is 0 Å². The Balaban J connectivity index is 1.52. The van der Waals surface area contributed by atoms with Crippen LogP contribution in [0.5, 0.6) is 5.88 Å². The van der Waals surface area contributed by atoms with Crippen LogP contribution in [0.3, 0.4) is 0 Å². The van der Waals surface area contributed by atoms with Crippen molar-refractivity contribution >= 4 is 0 Å². The van der Waals surface area contributed by atoms with Crippen LogP contribution in [0.2, 0.25) is 0 Å². The van der Waals surface area contributed by atoms with Gasteiger partial charge in [-0.2, -0.15) is 5.26 Å². The molecule has 1 aromatic rings. The Morgan fingerprint density at radius 1 is 1.23 bits per heavy atom. The van der Waals surface area contributed by atoms with E-state index in [9.17, 15) is 0 Å². The molecule has 1 aliphatic carbocycles. The van der Waals surface area contributed by atoms with Crippen molar-refractivity contribution in [3.63, 3.8) is 0 Å². The average molecular weight is 300 g/mol. The van der Waals surface area contributed by atoms with E-state index in [-0.39, 0.29) is 12.0 Å². The second-order valence-electron chi connectivity index (χ2n) is 6.45.